The third-order valence-corrected chi connectivity index (χ3v) is 2.14. The first-order valence-electron chi connectivity index (χ1n) is 3.17. The molecule has 4 N–H and O–H groups in total. The van der Waals surface area contributed by atoms with E-state index in [1.165, 1.54) is 18.0 Å². The van der Waals surface area contributed by atoms with E-state index in [2.05, 4.69) is 15.4 Å². The second-order valence-corrected chi connectivity index (χ2v) is 3.10. The standard InChI is InChI=1S/C5H8N4O2S/c6-3(5(10)11)2-12-4-1-7-9-8-4/h1,3H,2,6H2,(H,10,11)(H,7,8,9). The van der Waals surface area contributed by atoms with Crippen LogP contribution in [0.5, 0.6) is 0 Å². The van der Waals surface area contributed by atoms with Crippen LogP contribution in [0.25, 0.3) is 0 Å². The Balaban J connectivity index is 2.31. The van der Waals surface area contributed by atoms with Gasteiger partial charge in [-0.2, -0.15) is 10.3 Å². The van der Waals surface area contributed by atoms with Crippen molar-refractivity contribution >= 4 is 17.7 Å². The fourth-order valence-electron chi connectivity index (χ4n) is 0.507. The maximum absolute atomic E-state index is 10.3. The molecule has 1 unspecified atom stereocenters. The van der Waals surface area contributed by atoms with Gasteiger partial charge in [0.2, 0.25) is 0 Å². The van der Waals surface area contributed by atoms with Crippen LogP contribution >= 0.6 is 11.8 Å². The maximum Gasteiger partial charge on any atom is 0.321 e. The van der Waals surface area contributed by atoms with Gasteiger partial charge in [-0.3, -0.25) is 4.79 Å². The average molecular weight is 188 g/mol. The van der Waals surface area contributed by atoms with Crippen LogP contribution in [0.3, 0.4) is 0 Å². The molecule has 0 aliphatic heterocycles. The van der Waals surface area contributed by atoms with Crippen molar-refractivity contribution in [2.75, 3.05) is 5.75 Å². The minimum Gasteiger partial charge on any atom is -0.480 e. The van der Waals surface area contributed by atoms with E-state index in [0.29, 0.717) is 10.8 Å². The highest BCUT2D eigenvalue weighted by Gasteiger charge is 2.11. The molecule has 0 bridgehead atoms. The van der Waals surface area contributed by atoms with Crippen LogP contribution in [-0.4, -0.2) is 38.3 Å². The van der Waals surface area contributed by atoms with Gasteiger partial charge in [0.05, 0.1) is 6.20 Å². The molecule has 0 fully saturated rings. The van der Waals surface area contributed by atoms with E-state index in [4.69, 9.17) is 10.8 Å². The van der Waals surface area contributed by atoms with Crippen molar-refractivity contribution in [1.29, 1.82) is 0 Å². The Hall–Kier alpha value is -1.08. The molecule has 1 atom stereocenters. The van der Waals surface area contributed by atoms with Crippen molar-refractivity contribution in [3.8, 4) is 0 Å². The molecule has 7 heteroatoms. The third kappa shape index (κ3) is 2.51. The van der Waals surface area contributed by atoms with Gasteiger partial charge in [0.25, 0.3) is 0 Å². The van der Waals surface area contributed by atoms with Crippen molar-refractivity contribution in [3.05, 3.63) is 6.20 Å². The Morgan fingerprint density at radius 1 is 1.92 bits per heavy atom. The quantitative estimate of drug-likeness (QED) is 0.540. The van der Waals surface area contributed by atoms with E-state index in [0.717, 1.165) is 0 Å². The number of aliphatic carboxylic acids is 1. The van der Waals surface area contributed by atoms with Crippen LogP contribution < -0.4 is 5.73 Å². The molecule has 1 heterocycles. The summed E-state index contributed by atoms with van der Waals surface area (Å²) in [6.45, 7) is 0. The number of aromatic amines is 1. The number of carboxylic acids is 1. The lowest BCUT2D eigenvalue weighted by Gasteiger charge is -2.02. The van der Waals surface area contributed by atoms with Gasteiger partial charge >= 0.3 is 5.97 Å². The van der Waals surface area contributed by atoms with Crippen molar-refractivity contribution in [3.63, 3.8) is 0 Å². The molecule has 0 amide bonds. The fraction of sp³-hybridized carbons (Fsp3) is 0.400. The summed E-state index contributed by atoms with van der Waals surface area (Å²) in [6.07, 6.45) is 1.51. The lowest BCUT2D eigenvalue weighted by molar-refractivity contribution is -0.137. The molecule has 0 saturated carbocycles. The van der Waals surface area contributed by atoms with Crippen molar-refractivity contribution in [2.24, 2.45) is 5.73 Å². The molecule has 12 heavy (non-hydrogen) atoms. The summed E-state index contributed by atoms with van der Waals surface area (Å²) >= 11 is 1.25. The summed E-state index contributed by atoms with van der Waals surface area (Å²) in [7, 11) is 0. The molecule has 0 spiro atoms. The Kier molecular flexibility index (Phi) is 3.06. The molecular weight excluding hydrogens is 180 g/mol. The van der Waals surface area contributed by atoms with E-state index in [9.17, 15) is 4.79 Å². The Morgan fingerprint density at radius 2 is 2.67 bits per heavy atom. The van der Waals surface area contributed by atoms with Crippen LogP contribution in [0, 0.1) is 0 Å². The van der Waals surface area contributed by atoms with Crippen LogP contribution in [0.4, 0.5) is 0 Å². The number of hydrogen-bond donors (Lipinski definition) is 3. The highest BCUT2D eigenvalue weighted by atomic mass is 32.2. The number of nitrogens with two attached hydrogens (primary N) is 1. The van der Waals surface area contributed by atoms with Gasteiger partial charge in [-0.05, 0) is 0 Å². The van der Waals surface area contributed by atoms with Gasteiger partial charge in [0.15, 0.2) is 0 Å². The number of carboxylic acid groups (broad SMARTS) is 1. The lowest BCUT2D eigenvalue weighted by Crippen LogP contribution is -2.32. The fourth-order valence-corrected chi connectivity index (χ4v) is 1.23. The predicted octanol–water partition coefficient (Wildman–Crippen LogP) is -0.691. The first-order valence-corrected chi connectivity index (χ1v) is 4.15. The summed E-state index contributed by atoms with van der Waals surface area (Å²) in [6, 6.07) is -0.855. The first-order chi connectivity index (χ1) is 5.70. The number of rotatable bonds is 4. The van der Waals surface area contributed by atoms with E-state index in [-0.39, 0.29) is 0 Å². The van der Waals surface area contributed by atoms with Gasteiger partial charge in [-0.1, -0.05) is 0 Å². The normalized spacial score (nSPS) is 12.8. The van der Waals surface area contributed by atoms with E-state index in [1.54, 1.807) is 0 Å². The average Bonchev–Trinajstić information content (AvgIpc) is 2.51. The molecule has 0 saturated heterocycles. The molecule has 0 aromatic carbocycles. The molecule has 0 aliphatic rings. The minimum atomic E-state index is -1.01. The van der Waals surface area contributed by atoms with Crippen LogP contribution in [0.1, 0.15) is 0 Å². The van der Waals surface area contributed by atoms with E-state index < -0.39 is 12.0 Å². The number of nitrogens with zero attached hydrogens (tertiary/aromatic N) is 2. The van der Waals surface area contributed by atoms with E-state index >= 15 is 0 Å². The lowest BCUT2D eigenvalue weighted by atomic mass is 10.4. The zero-order valence-electron chi connectivity index (χ0n) is 6.10. The van der Waals surface area contributed by atoms with Gasteiger partial charge in [0, 0.05) is 5.75 Å². The summed E-state index contributed by atoms with van der Waals surface area (Å²) in [5.74, 6) is -0.715. The zero-order chi connectivity index (χ0) is 8.97. The maximum atomic E-state index is 10.3. The van der Waals surface area contributed by atoms with E-state index in [1.807, 2.05) is 0 Å². The van der Waals surface area contributed by atoms with Crippen LogP contribution in [0.2, 0.25) is 0 Å². The number of aromatic nitrogens is 3. The first kappa shape index (κ1) is 9.01. The molecule has 1 rings (SSSR count). The predicted molar refractivity (Wildman–Crippen MR) is 42.7 cm³/mol. The number of thioether (sulfide) groups is 1. The number of carbonyl (C=O) groups is 1. The summed E-state index contributed by atoms with van der Waals surface area (Å²) < 4.78 is 0. The molecule has 0 aliphatic carbocycles. The molecule has 6 nitrogen and oxygen atoms in total. The Labute approximate surface area is 72.5 Å². The number of H-pyrrole nitrogens is 1. The van der Waals surface area contributed by atoms with Crippen molar-refractivity contribution in [2.45, 2.75) is 11.1 Å². The Bertz CT molecular complexity index is 250. The molecule has 1 aromatic heterocycles. The monoisotopic (exact) mass is 188 g/mol. The van der Waals surface area contributed by atoms with Gasteiger partial charge in [0.1, 0.15) is 11.1 Å². The minimum absolute atomic E-state index is 0.294. The topological polar surface area (TPSA) is 105 Å². The SMILES string of the molecule is NC(CSc1cn[nH]n1)C(=O)O. The second-order valence-electron chi connectivity index (χ2n) is 2.06. The summed E-state index contributed by atoms with van der Waals surface area (Å²) in [4.78, 5) is 10.3. The highest BCUT2D eigenvalue weighted by molar-refractivity contribution is 7.99. The zero-order valence-corrected chi connectivity index (χ0v) is 6.91. The summed E-state index contributed by atoms with van der Waals surface area (Å²) in [5.41, 5.74) is 5.25. The largest absolute Gasteiger partial charge is 0.480 e. The molecule has 0 radical (unpaired) electrons. The second kappa shape index (κ2) is 4.07. The third-order valence-electron chi connectivity index (χ3n) is 1.12. The van der Waals surface area contributed by atoms with Crippen molar-refractivity contribution < 1.29 is 9.90 Å². The van der Waals surface area contributed by atoms with Gasteiger partial charge < -0.3 is 10.8 Å². The number of hydrogen-bond acceptors (Lipinski definition) is 5. The van der Waals surface area contributed by atoms with Crippen LogP contribution in [-0.2, 0) is 4.79 Å². The summed E-state index contributed by atoms with van der Waals surface area (Å²) in [5, 5.41) is 18.8. The molecule has 66 valence electrons. The Morgan fingerprint density at radius 3 is 3.17 bits per heavy atom. The van der Waals surface area contributed by atoms with Crippen LogP contribution in [0.15, 0.2) is 11.2 Å². The van der Waals surface area contributed by atoms with Gasteiger partial charge in [-0.25, -0.2) is 0 Å². The highest BCUT2D eigenvalue weighted by Crippen LogP contribution is 2.12. The number of nitrogens with one attached hydrogen (secondary N) is 1. The molecule has 1 aromatic rings. The van der Waals surface area contributed by atoms with Crippen molar-refractivity contribution in [1.82, 2.24) is 15.4 Å². The molecular formula is C5H8N4O2S. The van der Waals surface area contributed by atoms with Gasteiger partial charge in [-0.15, -0.1) is 16.9 Å². The smallest absolute Gasteiger partial charge is 0.321 e.